The summed E-state index contributed by atoms with van der Waals surface area (Å²) in [4.78, 5) is 32.2. The van der Waals surface area contributed by atoms with Gasteiger partial charge in [-0.2, -0.15) is 0 Å². The minimum absolute atomic E-state index is 0.0101. The van der Waals surface area contributed by atoms with E-state index < -0.39 is 11.8 Å². The van der Waals surface area contributed by atoms with Gasteiger partial charge in [-0.3, -0.25) is 14.6 Å². The third-order valence-electron chi connectivity index (χ3n) is 7.84. The summed E-state index contributed by atoms with van der Waals surface area (Å²) in [5.74, 6) is -0.143. The Morgan fingerprint density at radius 1 is 0.946 bits per heavy atom. The molecule has 2 aliphatic carbocycles. The number of hydrogen-bond acceptors (Lipinski definition) is 6. The van der Waals surface area contributed by atoms with Gasteiger partial charge < -0.3 is 14.2 Å². The van der Waals surface area contributed by atoms with Gasteiger partial charge in [0, 0.05) is 34.3 Å². The van der Waals surface area contributed by atoms with E-state index in [4.69, 9.17) is 30.8 Å². The van der Waals surface area contributed by atoms with Gasteiger partial charge >= 0.3 is 5.97 Å². The molecule has 6 nitrogen and oxygen atoms in total. The van der Waals surface area contributed by atoms with Gasteiger partial charge in [-0.15, -0.1) is 0 Å². The molecule has 0 bridgehead atoms. The fourth-order valence-electron chi connectivity index (χ4n) is 5.98. The molecule has 0 aromatic heterocycles. The first-order valence-corrected chi connectivity index (χ1v) is 13.3. The molecule has 194 valence electrons. The van der Waals surface area contributed by atoms with Crippen LogP contribution in [0.1, 0.15) is 68.4 Å². The van der Waals surface area contributed by atoms with Crippen LogP contribution in [0.3, 0.4) is 0 Å². The van der Waals surface area contributed by atoms with Crippen LogP contribution in [-0.4, -0.2) is 37.8 Å². The van der Waals surface area contributed by atoms with E-state index in [0.717, 1.165) is 42.5 Å². The molecule has 3 aliphatic rings. The second-order valence-electron chi connectivity index (χ2n) is 10.1. The van der Waals surface area contributed by atoms with Crippen LogP contribution >= 0.6 is 11.6 Å². The highest BCUT2D eigenvalue weighted by atomic mass is 35.5. The van der Waals surface area contributed by atoms with Crippen LogP contribution in [0.2, 0.25) is 5.02 Å². The zero-order valence-electron chi connectivity index (χ0n) is 21.5. The second kappa shape index (κ2) is 10.7. The summed E-state index contributed by atoms with van der Waals surface area (Å²) in [6.45, 7) is 1.87. The summed E-state index contributed by atoms with van der Waals surface area (Å²) in [5, 5.41) is 0.604. The molecule has 2 aromatic rings. The summed E-state index contributed by atoms with van der Waals surface area (Å²) in [6, 6.07) is 13.2. The van der Waals surface area contributed by atoms with Crippen LogP contribution in [0.25, 0.3) is 0 Å². The first-order chi connectivity index (χ1) is 17.9. The predicted octanol–water partition coefficient (Wildman–Crippen LogP) is 6.42. The van der Waals surface area contributed by atoms with Gasteiger partial charge in [0.15, 0.2) is 17.3 Å². The van der Waals surface area contributed by atoms with Crippen LogP contribution in [-0.2, 0) is 14.3 Å². The topological polar surface area (TPSA) is 74.2 Å². The van der Waals surface area contributed by atoms with Gasteiger partial charge in [-0.1, -0.05) is 29.8 Å². The lowest BCUT2D eigenvalue weighted by Crippen LogP contribution is -2.39. The minimum atomic E-state index is -0.637. The number of ether oxygens (including phenoxy) is 3. The molecular formula is C30H32ClNO5. The maximum absolute atomic E-state index is 13.8. The maximum Gasteiger partial charge on any atom is 0.315 e. The molecule has 37 heavy (non-hydrogen) atoms. The normalized spacial score (nSPS) is 23.9. The highest BCUT2D eigenvalue weighted by Crippen LogP contribution is 2.48. The number of hydrogen-bond donors (Lipinski definition) is 0. The molecular weight excluding hydrogens is 490 g/mol. The molecule has 7 heteroatoms. The largest absolute Gasteiger partial charge is 0.493 e. The Kier molecular flexibility index (Phi) is 7.38. The first kappa shape index (κ1) is 25.5. The average Bonchev–Trinajstić information content (AvgIpc) is 3.40. The highest BCUT2D eigenvalue weighted by Gasteiger charge is 2.45. The van der Waals surface area contributed by atoms with Gasteiger partial charge in [-0.25, -0.2) is 0 Å². The summed E-state index contributed by atoms with van der Waals surface area (Å²) >= 11 is 6.18. The quantitative estimate of drug-likeness (QED) is 0.410. The van der Waals surface area contributed by atoms with Crippen LogP contribution < -0.4 is 9.47 Å². The Balaban J connectivity index is 1.52. The molecule has 0 saturated heterocycles. The molecule has 2 aromatic carbocycles. The number of carbonyl (C=O) groups is 2. The van der Waals surface area contributed by atoms with Crippen molar-refractivity contribution in [3.63, 3.8) is 0 Å². The summed E-state index contributed by atoms with van der Waals surface area (Å²) in [6.07, 6.45) is 4.79. The monoisotopic (exact) mass is 521 g/mol. The molecule has 0 amide bonds. The number of halogens is 1. The zero-order valence-corrected chi connectivity index (χ0v) is 22.2. The number of Topliss-reactive ketones (excluding diaryl/α,β-unsaturated/α-hetero) is 1. The van der Waals surface area contributed by atoms with E-state index in [1.165, 1.54) is 0 Å². The van der Waals surface area contributed by atoms with Gasteiger partial charge in [0.05, 0.1) is 14.2 Å². The van der Waals surface area contributed by atoms with Crippen molar-refractivity contribution in [3.8, 4) is 11.5 Å². The Bertz CT molecular complexity index is 1260. The van der Waals surface area contributed by atoms with E-state index in [0.29, 0.717) is 40.6 Å². The summed E-state index contributed by atoms with van der Waals surface area (Å²) < 4.78 is 16.8. The molecule has 1 saturated carbocycles. The lowest BCUT2D eigenvalue weighted by molar-refractivity contribution is -0.151. The SMILES string of the molecule is COc1ccc([C@H]2CC(=O)C3=C(C2)N=C(C)C(C(=O)OC2CCCC2)[C@@H]3c2ccc(Cl)cc2)cc1OC. The Morgan fingerprint density at radius 3 is 2.30 bits per heavy atom. The highest BCUT2D eigenvalue weighted by molar-refractivity contribution is 6.30. The third-order valence-corrected chi connectivity index (χ3v) is 8.09. The predicted molar refractivity (Wildman–Crippen MR) is 143 cm³/mol. The lowest BCUT2D eigenvalue weighted by Gasteiger charge is -2.37. The Hall–Kier alpha value is -3.12. The number of ketones is 1. The van der Waals surface area contributed by atoms with Crippen molar-refractivity contribution in [2.45, 2.75) is 63.4 Å². The molecule has 1 heterocycles. The van der Waals surface area contributed by atoms with Crippen LogP contribution in [0.5, 0.6) is 11.5 Å². The van der Waals surface area contributed by atoms with Crippen molar-refractivity contribution in [2.75, 3.05) is 14.2 Å². The van der Waals surface area contributed by atoms with E-state index in [9.17, 15) is 9.59 Å². The molecule has 1 unspecified atom stereocenters. The number of benzene rings is 2. The van der Waals surface area contributed by atoms with Crippen molar-refractivity contribution < 1.29 is 23.8 Å². The van der Waals surface area contributed by atoms with Crippen LogP contribution in [0.15, 0.2) is 58.7 Å². The van der Waals surface area contributed by atoms with E-state index in [1.807, 2.05) is 37.3 Å². The van der Waals surface area contributed by atoms with Gasteiger partial charge in [0.1, 0.15) is 12.0 Å². The van der Waals surface area contributed by atoms with Gasteiger partial charge in [0.2, 0.25) is 0 Å². The first-order valence-electron chi connectivity index (χ1n) is 12.9. The number of rotatable bonds is 6. The van der Waals surface area contributed by atoms with Crippen molar-refractivity contribution in [1.29, 1.82) is 0 Å². The van der Waals surface area contributed by atoms with Crippen LogP contribution in [0.4, 0.5) is 0 Å². The number of nitrogens with zero attached hydrogens (tertiary/aromatic N) is 1. The van der Waals surface area contributed by atoms with Crippen LogP contribution in [0, 0.1) is 5.92 Å². The minimum Gasteiger partial charge on any atom is -0.493 e. The number of allylic oxidation sites excluding steroid dienone is 2. The smallest absolute Gasteiger partial charge is 0.315 e. The summed E-state index contributed by atoms with van der Waals surface area (Å²) in [5.41, 5.74) is 3.92. The number of methoxy groups -OCH3 is 2. The van der Waals surface area contributed by atoms with E-state index in [-0.39, 0.29) is 23.8 Å². The Morgan fingerprint density at radius 2 is 1.62 bits per heavy atom. The van der Waals surface area contributed by atoms with Crippen molar-refractivity contribution >= 4 is 29.1 Å². The molecule has 0 N–H and O–H groups in total. The molecule has 1 aliphatic heterocycles. The average molecular weight is 522 g/mol. The summed E-state index contributed by atoms with van der Waals surface area (Å²) in [7, 11) is 3.20. The molecule has 3 atom stereocenters. The second-order valence-corrected chi connectivity index (χ2v) is 10.5. The zero-order chi connectivity index (χ0) is 26.1. The lowest BCUT2D eigenvalue weighted by atomic mass is 9.69. The number of esters is 1. The molecule has 1 fully saturated rings. The van der Waals surface area contributed by atoms with Crippen molar-refractivity contribution in [2.24, 2.45) is 10.9 Å². The van der Waals surface area contributed by atoms with E-state index >= 15 is 0 Å². The third kappa shape index (κ3) is 5.04. The van der Waals surface area contributed by atoms with E-state index in [1.54, 1.807) is 26.4 Å². The van der Waals surface area contributed by atoms with E-state index in [2.05, 4.69) is 0 Å². The Labute approximate surface area is 222 Å². The molecule has 5 rings (SSSR count). The standard InChI is InChI=1S/C30H32ClNO5/c1-17-27(30(34)37-22-6-4-5-7-22)28(18-8-11-21(31)12-9-18)29-23(32-17)14-20(15-24(29)33)19-10-13-25(35-2)26(16-19)36-3/h8-13,16,20,22,27-28H,4-7,14-15H2,1-3H3/t20-,27?,28+/m1/s1. The molecule has 0 radical (unpaired) electrons. The fraction of sp³-hybridized carbons (Fsp3) is 0.433. The number of carbonyl (C=O) groups excluding carboxylic acids is 2. The van der Waals surface area contributed by atoms with Gasteiger partial charge in [-0.05, 0) is 80.3 Å². The number of aliphatic imine (C=N–C) groups is 1. The maximum atomic E-state index is 13.8. The van der Waals surface area contributed by atoms with Crippen molar-refractivity contribution in [1.82, 2.24) is 0 Å². The van der Waals surface area contributed by atoms with Gasteiger partial charge in [0.25, 0.3) is 0 Å². The molecule has 0 spiro atoms. The fourth-order valence-corrected chi connectivity index (χ4v) is 6.11. The van der Waals surface area contributed by atoms with Crippen molar-refractivity contribution in [3.05, 3.63) is 69.9 Å².